The van der Waals surface area contributed by atoms with Crippen molar-refractivity contribution in [3.8, 4) is 6.07 Å². The quantitative estimate of drug-likeness (QED) is 0.741. The Morgan fingerprint density at radius 2 is 1.82 bits per heavy atom. The Labute approximate surface area is 168 Å². The van der Waals surface area contributed by atoms with Gasteiger partial charge in [-0.3, -0.25) is 9.69 Å². The van der Waals surface area contributed by atoms with Gasteiger partial charge in [-0.25, -0.2) is 4.79 Å². The van der Waals surface area contributed by atoms with E-state index in [0.717, 1.165) is 0 Å². The molecule has 0 N–H and O–H groups in total. The number of halogens is 1. The van der Waals surface area contributed by atoms with Crippen LogP contribution >= 0.6 is 11.6 Å². The highest BCUT2D eigenvalue weighted by atomic mass is 35.5. The van der Waals surface area contributed by atoms with Crippen LogP contribution in [0.1, 0.15) is 27.5 Å². The highest BCUT2D eigenvalue weighted by molar-refractivity contribution is 6.31. The summed E-state index contributed by atoms with van der Waals surface area (Å²) >= 11 is 6.30. The van der Waals surface area contributed by atoms with Crippen molar-refractivity contribution in [2.75, 3.05) is 33.3 Å². The molecule has 0 aliphatic carbocycles. The average Bonchev–Trinajstić information content (AvgIpc) is 2.75. The number of carbonyl (C=O) groups excluding carboxylic acids is 2. The van der Waals surface area contributed by atoms with Gasteiger partial charge >= 0.3 is 5.97 Å². The molecule has 1 saturated heterocycles. The van der Waals surface area contributed by atoms with Gasteiger partial charge in [0.1, 0.15) is 6.04 Å². The van der Waals surface area contributed by atoms with Crippen molar-refractivity contribution < 1.29 is 14.3 Å². The average molecular weight is 398 g/mol. The topological polar surface area (TPSA) is 73.6 Å². The molecular weight excluding hydrogens is 378 g/mol. The summed E-state index contributed by atoms with van der Waals surface area (Å²) in [4.78, 5) is 28.9. The molecule has 1 atom stereocenters. The minimum atomic E-state index is -0.613. The molecule has 0 aromatic heterocycles. The van der Waals surface area contributed by atoms with Crippen molar-refractivity contribution in [2.24, 2.45) is 0 Å². The van der Waals surface area contributed by atoms with Crippen LogP contribution in [0.15, 0.2) is 48.5 Å². The number of hydrogen-bond donors (Lipinski definition) is 0. The minimum absolute atomic E-state index is 0.121. The number of esters is 1. The van der Waals surface area contributed by atoms with Gasteiger partial charge in [-0.1, -0.05) is 35.9 Å². The van der Waals surface area contributed by atoms with E-state index in [1.807, 2.05) is 29.2 Å². The summed E-state index contributed by atoms with van der Waals surface area (Å²) in [6.45, 7) is 1.95. The summed E-state index contributed by atoms with van der Waals surface area (Å²) in [6.07, 6.45) is 0. The summed E-state index contributed by atoms with van der Waals surface area (Å²) in [5, 5.41) is 9.52. The minimum Gasteiger partial charge on any atom is -0.468 e. The zero-order valence-electron chi connectivity index (χ0n) is 15.5. The zero-order valence-corrected chi connectivity index (χ0v) is 16.2. The van der Waals surface area contributed by atoms with Gasteiger partial charge in [0.15, 0.2) is 0 Å². The number of nitriles is 1. The lowest BCUT2D eigenvalue weighted by atomic mass is 10.0. The third kappa shape index (κ3) is 4.16. The maximum Gasteiger partial charge on any atom is 0.327 e. The first-order chi connectivity index (χ1) is 13.5. The van der Waals surface area contributed by atoms with Gasteiger partial charge in [0.2, 0.25) is 0 Å². The van der Waals surface area contributed by atoms with Crippen LogP contribution in [0.2, 0.25) is 5.02 Å². The molecule has 1 heterocycles. The van der Waals surface area contributed by atoms with Crippen molar-refractivity contribution in [3.63, 3.8) is 0 Å². The maximum absolute atomic E-state index is 12.7. The predicted molar refractivity (Wildman–Crippen MR) is 105 cm³/mol. The summed E-state index contributed by atoms with van der Waals surface area (Å²) in [6, 6.07) is 15.3. The summed E-state index contributed by atoms with van der Waals surface area (Å²) in [7, 11) is 1.36. The van der Waals surface area contributed by atoms with E-state index in [4.69, 9.17) is 21.6 Å². The highest BCUT2D eigenvalue weighted by Gasteiger charge is 2.33. The van der Waals surface area contributed by atoms with Gasteiger partial charge in [-0.15, -0.1) is 0 Å². The van der Waals surface area contributed by atoms with Crippen molar-refractivity contribution >= 4 is 23.5 Å². The van der Waals surface area contributed by atoms with Crippen LogP contribution in [-0.4, -0.2) is 55.0 Å². The Hall–Kier alpha value is -2.88. The smallest absolute Gasteiger partial charge is 0.327 e. The lowest BCUT2D eigenvalue weighted by molar-refractivity contribution is -0.148. The number of carbonyl (C=O) groups is 2. The van der Waals surface area contributed by atoms with E-state index < -0.39 is 6.04 Å². The van der Waals surface area contributed by atoms with Gasteiger partial charge in [0, 0.05) is 36.8 Å². The summed E-state index contributed by atoms with van der Waals surface area (Å²) in [5.41, 5.74) is 1.63. The number of methoxy groups -OCH3 is 1. The van der Waals surface area contributed by atoms with Gasteiger partial charge in [-0.2, -0.15) is 5.26 Å². The number of rotatable bonds is 4. The molecule has 3 rings (SSSR count). The van der Waals surface area contributed by atoms with Crippen molar-refractivity contribution in [2.45, 2.75) is 6.04 Å². The molecule has 0 saturated carbocycles. The maximum atomic E-state index is 12.7. The van der Waals surface area contributed by atoms with Crippen LogP contribution in [-0.2, 0) is 9.53 Å². The van der Waals surface area contributed by atoms with E-state index in [1.54, 1.807) is 35.2 Å². The molecule has 1 aliphatic rings. The number of amides is 1. The Kier molecular flexibility index (Phi) is 6.30. The molecule has 2 aromatic rings. The first-order valence-electron chi connectivity index (χ1n) is 8.91. The normalized spacial score (nSPS) is 15.5. The molecule has 28 heavy (non-hydrogen) atoms. The van der Waals surface area contributed by atoms with Crippen LogP contribution in [0.3, 0.4) is 0 Å². The Balaban J connectivity index is 1.74. The van der Waals surface area contributed by atoms with Crippen LogP contribution in [0.4, 0.5) is 0 Å². The molecule has 2 aromatic carbocycles. The van der Waals surface area contributed by atoms with E-state index in [9.17, 15) is 9.59 Å². The van der Waals surface area contributed by atoms with E-state index in [2.05, 4.69) is 0 Å². The van der Waals surface area contributed by atoms with Crippen molar-refractivity contribution in [1.29, 1.82) is 5.26 Å². The Morgan fingerprint density at radius 1 is 1.11 bits per heavy atom. The molecule has 1 amide bonds. The fourth-order valence-electron chi connectivity index (χ4n) is 3.37. The van der Waals surface area contributed by atoms with E-state index >= 15 is 0 Å². The van der Waals surface area contributed by atoms with E-state index in [-0.39, 0.29) is 11.9 Å². The fraction of sp³-hybridized carbons (Fsp3) is 0.286. The number of ether oxygens (including phenoxy) is 1. The van der Waals surface area contributed by atoms with Crippen LogP contribution < -0.4 is 0 Å². The molecule has 7 heteroatoms. The molecule has 0 radical (unpaired) electrons. The Bertz CT molecular complexity index is 917. The molecule has 0 bridgehead atoms. The standard InChI is InChI=1S/C21H20ClN3O3/c1-28-21(27)19(17-7-2-3-8-18(17)22)24-9-11-25(12-10-24)20(26)16-6-4-5-15(13-16)14-23/h2-8,13,19H,9-12H2,1H3/t19-/m1/s1. The molecule has 0 spiro atoms. The van der Waals surface area contributed by atoms with Gasteiger partial charge in [0.25, 0.3) is 5.91 Å². The molecule has 144 valence electrons. The first kappa shape index (κ1) is 19.9. The van der Waals surface area contributed by atoms with Gasteiger partial charge < -0.3 is 9.64 Å². The largest absolute Gasteiger partial charge is 0.468 e. The van der Waals surface area contributed by atoms with Crippen LogP contribution in [0, 0.1) is 11.3 Å². The van der Waals surface area contributed by atoms with E-state index in [1.165, 1.54) is 7.11 Å². The van der Waals surface area contributed by atoms with Crippen molar-refractivity contribution in [1.82, 2.24) is 9.80 Å². The summed E-state index contributed by atoms with van der Waals surface area (Å²) in [5.74, 6) is -0.501. The second-order valence-electron chi connectivity index (χ2n) is 6.47. The van der Waals surface area contributed by atoms with Crippen molar-refractivity contribution in [3.05, 3.63) is 70.2 Å². The monoisotopic (exact) mass is 397 g/mol. The van der Waals surface area contributed by atoms with Gasteiger partial charge in [0.05, 0.1) is 18.7 Å². The molecule has 1 aliphatic heterocycles. The van der Waals surface area contributed by atoms with Crippen LogP contribution in [0.25, 0.3) is 0 Å². The summed E-state index contributed by atoms with van der Waals surface area (Å²) < 4.78 is 4.99. The highest BCUT2D eigenvalue weighted by Crippen LogP contribution is 2.29. The second-order valence-corrected chi connectivity index (χ2v) is 6.88. The number of nitrogens with zero attached hydrogens (tertiary/aromatic N) is 3. The third-order valence-corrected chi connectivity index (χ3v) is 5.17. The second kappa shape index (κ2) is 8.87. The SMILES string of the molecule is COC(=O)[C@@H](c1ccccc1Cl)N1CCN(C(=O)c2cccc(C#N)c2)CC1. The molecule has 6 nitrogen and oxygen atoms in total. The molecular formula is C21H20ClN3O3. The van der Waals surface area contributed by atoms with Crippen LogP contribution in [0.5, 0.6) is 0 Å². The first-order valence-corrected chi connectivity index (χ1v) is 9.28. The van der Waals surface area contributed by atoms with Gasteiger partial charge in [-0.05, 0) is 29.8 Å². The number of benzene rings is 2. The number of piperazine rings is 1. The molecule has 1 fully saturated rings. The fourth-order valence-corrected chi connectivity index (χ4v) is 3.61. The predicted octanol–water partition coefficient (Wildman–Crippen LogP) is 2.88. The lowest BCUT2D eigenvalue weighted by Gasteiger charge is -2.38. The lowest BCUT2D eigenvalue weighted by Crippen LogP contribution is -2.51. The zero-order chi connectivity index (χ0) is 20.1. The number of hydrogen-bond acceptors (Lipinski definition) is 5. The van der Waals surface area contributed by atoms with E-state index in [0.29, 0.717) is 47.9 Å². The molecule has 0 unspecified atom stereocenters. The third-order valence-electron chi connectivity index (χ3n) is 4.83. The Morgan fingerprint density at radius 3 is 2.46 bits per heavy atom.